The van der Waals surface area contributed by atoms with Gasteiger partial charge >= 0.3 is 5.97 Å². The number of aryl methyl sites for hydroxylation is 1. The number of para-hydroxylation sites is 2. The molecule has 1 atom stereocenters. The van der Waals surface area contributed by atoms with E-state index in [-0.39, 0.29) is 5.97 Å². The highest BCUT2D eigenvalue weighted by atomic mass is 35.5. The Kier molecular flexibility index (Phi) is 4.43. The molecular formula is C14H17ClN2O2. The molecule has 19 heavy (non-hydrogen) atoms. The standard InChI is InChI=1S/C14H17ClN2O2/c1-3-19-14(18)10(2)17-12-7-5-4-6-11(12)16-13(17)8-9-15/h4-7,10H,3,8-9H2,1-2H3. The fraction of sp³-hybridized carbons (Fsp3) is 0.429. The van der Waals surface area contributed by atoms with Crippen molar-refractivity contribution in [1.29, 1.82) is 0 Å². The maximum absolute atomic E-state index is 11.9. The van der Waals surface area contributed by atoms with Gasteiger partial charge in [-0.2, -0.15) is 0 Å². The Bertz CT molecular complexity index is 580. The summed E-state index contributed by atoms with van der Waals surface area (Å²) in [4.78, 5) is 16.5. The van der Waals surface area contributed by atoms with E-state index in [9.17, 15) is 4.79 Å². The van der Waals surface area contributed by atoms with Gasteiger partial charge in [0, 0.05) is 12.3 Å². The molecule has 1 unspecified atom stereocenters. The highest BCUT2D eigenvalue weighted by Gasteiger charge is 2.21. The number of esters is 1. The largest absolute Gasteiger partial charge is 0.464 e. The molecule has 0 radical (unpaired) electrons. The third-order valence-corrected chi connectivity index (χ3v) is 3.19. The molecule has 0 bridgehead atoms. The third kappa shape index (κ3) is 2.73. The summed E-state index contributed by atoms with van der Waals surface area (Å²) < 4.78 is 7.00. The molecule has 0 fully saturated rings. The summed E-state index contributed by atoms with van der Waals surface area (Å²) in [7, 11) is 0. The van der Waals surface area contributed by atoms with Crippen LogP contribution >= 0.6 is 11.6 Å². The third-order valence-electron chi connectivity index (χ3n) is 3.00. The van der Waals surface area contributed by atoms with E-state index in [1.165, 1.54) is 0 Å². The van der Waals surface area contributed by atoms with Crippen LogP contribution in [0.3, 0.4) is 0 Å². The van der Waals surface area contributed by atoms with Crippen molar-refractivity contribution in [1.82, 2.24) is 9.55 Å². The number of ether oxygens (including phenoxy) is 1. The Morgan fingerprint density at radius 1 is 1.47 bits per heavy atom. The number of carbonyl (C=O) groups excluding carboxylic acids is 1. The van der Waals surface area contributed by atoms with Crippen molar-refractivity contribution < 1.29 is 9.53 Å². The minimum atomic E-state index is -0.398. The van der Waals surface area contributed by atoms with E-state index in [1.54, 1.807) is 6.92 Å². The minimum absolute atomic E-state index is 0.249. The van der Waals surface area contributed by atoms with Crippen molar-refractivity contribution in [2.45, 2.75) is 26.3 Å². The van der Waals surface area contributed by atoms with E-state index < -0.39 is 6.04 Å². The van der Waals surface area contributed by atoms with E-state index >= 15 is 0 Å². The van der Waals surface area contributed by atoms with Crippen molar-refractivity contribution in [3.8, 4) is 0 Å². The lowest BCUT2D eigenvalue weighted by atomic mass is 10.2. The first-order valence-electron chi connectivity index (χ1n) is 6.37. The molecular weight excluding hydrogens is 264 g/mol. The number of carbonyl (C=O) groups is 1. The average Bonchev–Trinajstić information content (AvgIpc) is 2.76. The van der Waals surface area contributed by atoms with Crippen molar-refractivity contribution in [3.63, 3.8) is 0 Å². The Morgan fingerprint density at radius 3 is 2.89 bits per heavy atom. The van der Waals surface area contributed by atoms with Crippen LogP contribution in [0.25, 0.3) is 11.0 Å². The second-order valence-electron chi connectivity index (χ2n) is 4.25. The van der Waals surface area contributed by atoms with Gasteiger partial charge in [-0.3, -0.25) is 0 Å². The summed E-state index contributed by atoms with van der Waals surface area (Å²) in [6.45, 7) is 4.00. The second kappa shape index (κ2) is 6.06. The van der Waals surface area contributed by atoms with Crippen LogP contribution in [0, 0.1) is 0 Å². The number of fused-ring (bicyclic) bond motifs is 1. The number of hydrogen-bond donors (Lipinski definition) is 0. The number of imidazole rings is 1. The monoisotopic (exact) mass is 280 g/mol. The first-order valence-corrected chi connectivity index (χ1v) is 6.91. The maximum Gasteiger partial charge on any atom is 0.328 e. The van der Waals surface area contributed by atoms with E-state index in [0.717, 1.165) is 16.9 Å². The minimum Gasteiger partial charge on any atom is -0.464 e. The molecule has 1 heterocycles. The lowest BCUT2D eigenvalue weighted by Crippen LogP contribution is -2.21. The zero-order chi connectivity index (χ0) is 13.8. The molecule has 0 N–H and O–H groups in total. The summed E-state index contributed by atoms with van der Waals surface area (Å²) in [5, 5.41) is 0. The zero-order valence-electron chi connectivity index (χ0n) is 11.1. The van der Waals surface area contributed by atoms with Gasteiger partial charge in [0.15, 0.2) is 0 Å². The zero-order valence-corrected chi connectivity index (χ0v) is 11.9. The number of rotatable bonds is 5. The summed E-state index contributed by atoms with van der Waals surface area (Å²) >= 11 is 5.81. The van der Waals surface area contributed by atoms with Gasteiger partial charge < -0.3 is 9.30 Å². The fourth-order valence-electron chi connectivity index (χ4n) is 2.16. The Hall–Kier alpha value is -1.55. The quantitative estimate of drug-likeness (QED) is 0.625. The molecule has 0 spiro atoms. The molecule has 0 saturated carbocycles. The van der Waals surface area contributed by atoms with Crippen LogP contribution in [-0.4, -0.2) is 28.0 Å². The topological polar surface area (TPSA) is 44.1 Å². The molecule has 2 aromatic rings. The molecule has 0 aliphatic carbocycles. The Labute approximate surface area is 117 Å². The summed E-state index contributed by atoms with van der Waals surface area (Å²) in [5.41, 5.74) is 1.81. The van der Waals surface area contributed by atoms with Gasteiger partial charge in [0.1, 0.15) is 11.9 Å². The van der Waals surface area contributed by atoms with Crippen molar-refractivity contribution in [2.75, 3.05) is 12.5 Å². The normalized spacial score (nSPS) is 12.6. The predicted molar refractivity (Wildman–Crippen MR) is 75.5 cm³/mol. The number of benzene rings is 1. The number of halogens is 1. The van der Waals surface area contributed by atoms with Gasteiger partial charge in [0.2, 0.25) is 0 Å². The lowest BCUT2D eigenvalue weighted by molar-refractivity contribution is -0.146. The van der Waals surface area contributed by atoms with E-state index in [4.69, 9.17) is 16.3 Å². The molecule has 1 aromatic heterocycles. The van der Waals surface area contributed by atoms with Crippen LogP contribution in [0.5, 0.6) is 0 Å². The molecule has 0 saturated heterocycles. The molecule has 1 aromatic carbocycles. The Morgan fingerprint density at radius 2 is 2.21 bits per heavy atom. The second-order valence-corrected chi connectivity index (χ2v) is 4.63. The highest BCUT2D eigenvalue weighted by Crippen LogP contribution is 2.22. The van der Waals surface area contributed by atoms with E-state index in [0.29, 0.717) is 18.9 Å². The van der Waals surface area contributed by atoms with Gasteiger partial charge in [-0.15, -0.1) is 11.6 Å². The molecule has 4 nitrogen and oxygen atoms in total. The molecule has 0 amide bonds. The fourth-order valence-corrected chi connectivity index (χ4v) is 2.32. The Balaban J connectivity index is 2.49. The molecule has 0 aliphatic rings. The smallest absolute Gasteiger partial charge is 0.328 e. The lowest BCUT2D eigenvalue weighted by Gasteiger charge is -2.15. The number of aromatic nitrogens is 2. The van der Waals surface area contributed by atoms with E-state index in [1.807, 2.05) is 35.8 Å². The van der Waals surface area contributed by atoms with Gasteiger partial charge in [0.05, 0.1) is 17.6 Å². The highest BCUT2D eigenvalue weighted by molar-refractivity contribution is 6.17. The molecule has 102 valence electrons. The number of hydrogen-bond acceptors (Lipinski definition) is 3. The summed E-state index contributed by atoms with van der Waals surface area (Å²) in [5.74, 6) is 1.04. The molecule has 0 aliphatic heterocycles. The molecule has 2 rings (SSSR count). The average molecular weight is 281 g/mol. The van der Waals surface area contributed by atoms with E-state index in [2.05, 4.69) is 4.98 Å². The van der Waals surface area contributed by atoms with Gasteiger partial charge in [-0.05, 0) is 26.0 Å². The summed E-state index contributed by atoms with van der Waals surface area (Å²) in [6.07, 6.45) is 0.625. The van der Waals surface area contributed by atoms with Crippen molar-refractivity contribution in [3.05, 3.63) is 30.1 Å². The van der Waals surface area contributed by atoms with Gasteiger partial charge in [-0.25, -0.2) is 9.78 Å². The number of nitrogens with zero attached hydrogens (tertiary/aromatic N) is 2. The molecule has 5 heteroatoms. The van der Waals surface area contributed by atoms with Crippen LogP contribution in [0.4, 0.5) is 0 Å². The first kappa shape index (κ1) is 13.9. The SMILES string of the molecule is CCOC(=O)C(C)n1c(CCCl)nc2ccccc21. The maximum atomic E-state index is 11.9. The van der Waals surface area contributed by atoms with Crippen LogP contribution in [0.15, 0.2) is 24.3 Å². The van der Waals surface area contributed by atoms with Gasteiger partial charge in [0.25, 0.3) is 0 Å². The van der Waals surface area contributed by atoms with Gasteiger partial charge in [-0.1, -0.05) is 12.1 Å². The van der Waals surface area contributed by atoms with Crippen LogP contribution < -0.4 is 0 Å². The summed E-state index contributed by atoms with van der Waals surface area (Å²) in [6, 6.07) is 7.35. The van der Waals surface area contributed by atoms with Crippen molar-refractivity contribution >= 4 is 28.6 Å². The number of alkyl halides is 1. The van der Waals surface area contributed by atoms with Crippen LogP contribution in [0.2, 0.25) is 0 Å². The first-order chi connectivity index (χ1) is 9.19. The van der Waals surface area contributed by atoms with Crippen LogP contribution in [0.1, 0.15) is 25.7 Å². The predicted octanol–water partition coefficient (Wildman–Crippen LogP) is 2.94. The van der Waals surface area contributed by atoms with Crippen LogP contribution in [-0.2, 0) is 16.0 Å². The van der Waals surface area contributed by atoms with Crippen molar-refractivity contribution in [2.24, 2.45) is 0 Å².